The van der Waals surface area contributed by atoms with Gasteiger partial charge in [-0.05, 0) is 29.7 Å². The van der Waals surface area contributed by atoms with Crippen molar-refractivity contribution in [2.75, 3.05) is 11.9 Å². The number of nitriles is 1. The van der Waals surface area contributed by atoms with Gasteiger partial charge >= 0.3 is 0 Å². The summed E-state index contributed by atoms with van der Waals surface area (Å²) in [6.45, 7) is 1.31. The fraction of sp³-hybridized carbons (Fsp3) is 0.158. The second kappa shape index (κ2) is 7.89. The molecule has 0 unspecified atom stereocenters. The SMILES string of the molecule is N#C/C(=C/N1CCc2ccccc2C1)C(=O)Nc1ccc(Cl)c([N+](=O)[O-])c1. The fourth-order valence-electron chi connectivity index (χ4n) is 2.88. The van der Waals surface area contributed by atoms with Crippen LogP contribution in [0.25, 0.3) is 0 Å². The van der Waals surface area contributed by atoms with E-state index in [1.54, 1.807) is 0 Å². The number of benzene rings is 2. The van der Waals surface area contributed by atoms with Crippen molar-refractivity contribution >= 4 is 28.9 Å². The third-order valence-corrected chi connectivity index (χ3v) is 4.56. The first-order valence-electron chi connectivity index (χ1n) is 8.16. The van der Waals surface area contributed by atoms with Gasteiger partial charge in [0.15, 0.2) is 0 Å². The number of nitro benzene ring substituents is 1. The minimum absolute atomic E-state index is 0.0268. The van der Waals surface area contributed by atoms with Crippen LogP contribution < -0.4 is 5.32 Å². The van der Waals surface area contributed by atoms with Gasteiger partial charge in [0.1, 0.15) is 16.7 Å². The highest BCUT2D eigenvalue weighted by molar-refractivity contribution is 6.32. The smallest absolute Gasteiger partial charge is 0.289 e. The first-order valence-corrected chi connectivity index (χ1v) is 8.54. The van der Waals surface area contributed by atoms with E-state index in [1.165, 1.54) is 23.9 Å². The largest absolute Gasteiger partial charge is 0.371 e. The zero-order chi connectivity index (χ0) is 19.4. The Hall–Kier alpha value is -3.37. The molecule has 7 nitrogen and oxygen atoms in total. The van der Waals surface area contributed by atoms with Crippen LogP contribution in [0.1, 0.15) is 11.1 Å². The second-order valence-electron chi connectivity index (χ2n) is 6.02. The molecule has 0 spiro atoms. The molecule has 1 aliphatic rings. The molecule has 8 heteroatoms. The first kappa shape index (κ1) is 18.4. The molecular formula is C19H15ClN4O3. The van der Waals surface area contributed by atoms with Gasteiger partial charge < -0.3 is 10.2 Å². The Morgan fingerprint density at radius 2 is 2.04 bits per heavy atom. The maximum Gasteiger partial charge on any atom is 0.289 e. The van der Waals surface area contributed by atoms with Crippen LogP contribution in [-0.2, 0) is 17.8 Å². The summed E-state index contributed by atoms with van der Waals surface area (Å²) < 4.78 is 0. The molecule has 0 atom stereocenters. The first-order chi connectivity index (χ1) is 13.0. The van der Waals surface area contributed by atoms with Crippen molar-refractivity contribution in [2.45, 2.75) is 13.0 Å². The molecular weight excluding hydrogens is 368 g/mol. The lowest BCUT2D eigenvalue weighted by Crippen LogP contribution is -2.27. The third-order valence-electron chi connectivity index (χ3n) is 4.24. The number of hydrogen-bond acceptors (Lipinski definition) is 5. The number of nitro groups is 1. The van der Waals surface area contributed by atoms with Gasteiger partial charge in [-0.3, -0.25) is 14.9 Å². The lowest BCUT2D eigenvalue weighted by molar-refractivity contribution is -0.384. The zero-order valence-electron chi connectivity index (χ0n) is 14.2. The van der Waals surface area contributed by atoms with Gasteiger partial charge in [-0.25, -0.2) is 0 Å². The summed E-state index contributed by atoms with van der Waals surface area (Å²) in [5.41, 5.74) is 2.22. The molecule has 1 amide bonds. The van der Waals surface area contributed by atoms with Crippen molar-refractivity contribution in [3.63, 3.8) is 0 Å². The van der Waals surface area contributed by atoms with E-state index in [4.69, 9.17) is 11.6 Å². The van der Waals surface area contributed by atoms with Gasteiger partial charge in [0, 0.05) is 31.0 Å². The number of carbonyl (C=O) groups excluding carboxylic acids is 1. The Bertz CT molecular complexity index is 981. The topological polar surface area (TPSA) is 99.3 Å². The molecule has 2 aromatic carbocycles. The lowest BCUT2D eigenvalue weighted by atomic mass is 10.0. The highest BCUT2D eigenvalue weighted by Crippen LogP contribution is 2.27. The van der Waals surface area contributed by atoms with E-state index in [0.717, 1.165) is 18.1 Å². The van der Waals surface area contributed by atoms with Crippen molar-refractivity contribution < 1.29 is 9.72 Å². The number of anilines is 1. The summed E-state index contributed by atoms with van der Waals surface area (Å²) in [6, 6.07) is 13.9. The summed E-state index contributed by atoms with van der Waals surface area (Å²) in [5, 5.41) is 22.8. The fourth-order valence-corrected chi connectivity index (χ4v) is 3.06. The number of hydrogen-bond donors (Lipinski definition) is 1. The highest BCUT2D eigenvalue weighted by Gasteiger charge is 2.18. The molecule has 0 saturated carbocycles. The summed E-state index contributed by atoms with van der Waals surface area (Å²) in [6.07, 6.45) is 2.35. The lowest BCUT2D eigenvalue weighted by Gasteiger charge is -2.27. The minimum atomic E-state index is -0.635. The van der Waals surface area contributed by atoms with Crippen molar-refractivity contribution in [2.24, 2.45) is 0 Å². The molecule has 136 valence electrons. The van der Waals surface area contributed by atoms with E-state index in [1.807, 2.05) is 29.2 Å². The van der Waals surface area contributed by atoms with Crippen LogP contribution in [0, 0.1) is 21.4 Å². The average molecular weight is 383 g/mol. The summed E-state index contributed by atoms with van der Waals surface area (Å²) in [7, 11) is 0. The van der Waals surface area contributed by atoms with E-state index in [9.17, 15) is 20.2 Å². The number of halogens is 1. The van der Waals surface area contributed by atoms with Crippen LogP contribution in [0.15, 0.2) is 54.2 Å². The van der Waals surface area contributed by atoms with Crippen LogP contribution >= 0.6 is 11.6 Å². The monoisotopic (exact) mass is 382 g/mol. The Labute approximate surface area is 160 Å². The normalized spacial score (nSPS) is 13.5. The van der Waals surface area contributed by atoms with E-state index in [0.29, 0.717) is 13.1 Å². The molecule has 2 aromatic rings. The Morgan fingerprint density at radius 3 is 2.74 bits per heavy atom. The van der Waals surface area contributed by atoms with Crippen molar-refractivity contribution in [3.05, 3.63) is 80.5 Å². The van der Waals surface area contributed by atoms with E-state index in [2.05, 4.69) is 11.4 Å². The standard InChI is InChI=1S/C19H15ClN4O3/c20-17-6-5-16(9-18(17)24(26)27)22-19(25)15(10-21)12-23-8-7-13-3-1-2-4-14(13)11-23/h1-6,9,12H,7-8,11H2,(H,22,25)/b15-12-. The molecule has 1 N–H and O–H groups in total. The maximum atomic E-state index is 12.4. The molecule has 27 heavy (non-hydrogen) atoms. The Balaban J connectivity index is 1.75. The van der Waals surface area contributed by atoms with Crippen LogP contribution in [0.4, 0.5) is 11.4 Å². The third kappa shape index (κ3) is 4.25. The molecule has 0 aliphatic carbocycles. The molecule has 1 heterocycles. The minimum Gasteiger partial charge on any atom is -0.371 e. The molecule has 0 bridgehead atoms. The number of carbonyl (C=O) groups is 1. The zero-order valence-corrected chi connectivity index (χ0v) is 14.9. The molecule has 0 radical (unpaired) electrons. The quantitative estimate of drug-likeness (QED) is 0.376. The molecule has 3 rings (SSSR count). The number of amides is 1. The highest BCUT2D eigenvalue weighted by atomic mass is 35.5. The van der Waals surface area contributed by atoms with E-state index in [-0.39, 0.29) is 22.0 Å². The van der Waals surface area contributed by atoms with Gasteiger partial charge in [-0.2, -0.15) is 5.26 Å². The summed E-state index contributed by atoms with van der Waals surface area (Å²) in [4.78, 5) is 24.6. The van der Waals surface area contributed by atoms with Crippen molar-refractivity contribution in [1.29, 1.82) is 5.26 Å². The van der Waals surface area contributed by atoms with Crippen molar-refractivity contribution in [3.8, 4) is 6.07 Å². The molecule has 0 saturated heterocycles. The number of nitrogens with zero attached hydrogens (tertiary/aromatic N) is 3. The summed E-state index contributed by atoms with van der Waals surface area (Å²) in [5.74, 6) is -0.632. The van der Waals surface area contributed by atoms with Crippen LogP contribution in [0.3, 0.4) is 0 Å². The number of nitrogens with one attached hydrogen (secondary N) is 1. The van der Waals surface area contributed by atoms with Gasteiger partial charge in [-0.15, -0.1) is 0 Å². The van der Waals surface area contributed by atoms with Crippen LogP contribution in [0.2, 0.25) is 5.02 Å². The van der Waals surface area contributed by atoms with Gasteiger partial charge in [0.05, 0.1) is 4.92 Å². The van der Waals surface area contributed by atoms with Crippen LogP contribution in [0.5, 0.6) is 0 Å². The summed E-state index contributed by atoms with van der Waals surface area (Å²) >= 11 is 5.76. The van der Waals surface area contributed by atoms with E-state index >= 15 is 0 Å². The predicted octanol–water partition coefficient (Wildman–Crippen LogP) is 3.65. The predicted molar refractivity (Wildman–Crippen MR) is 101 cm³/mol. The number of fused-ring (bicyclic) bond motifs is 1. The van der Waals surface area contributed by atoms with Crippen molar-refractivity contribution in [1.82, 2.24) is 4.90 Å². The van der Waals surface area contributed by atoms with Gasteiger partial charge in [0.25, 0.3) is 11.6 Å². The number of rotatable bonds is 4. The second-order valence-corrected chi connectivity index (χ2v) is 6.43. The molecule has 1 aliphatic heterocycles. The average Bonchev–Trinajstić information content (AvgIpc) is 2.67. The maximum absolute atomic E-state index is 12.4. The van der Waals surface area contributed by atoms with Gasteiger partial charge in [-0.1, -0.05) is 35.9 Å². The van der Waals surface area contributed by atoms with E-state index < -0.39 is 10.8 Å². The molecule has 0 fully saturated rings. The van der Waals surface area contributed by atoms with Crippen LogP contribution in [-0.4, -0.2) is 22.3 Å². The molecule has 0 aromatic heterocycles. The Kier molecular flexibility index (Phi) is 5.38. The Morgan fingerprint density at radius 1 is 1.30 bits per heavy atom. The van der Waals surface area contributed by atoms with Gasteiger partial charge in [0.2, 0.25) is 0 Å².